The van der Waals surface area contributed by atoms with Crippen LogP contribution in [0.2, 0.25) is 0 Å². The molecule has 1 aliphatic rings. The lowest BCUT2D eigenvalue weighted by Crippen LogP contribution is -2.08. The predicted octanol–water partition coefficient (Wildman–Crippen LogP) is 5.25. The van der Waals surface area contributed by atoms with E-state index < -0.39 is 0 Å². The first-order valence-electron chi connectivity index (χ1n) is 7.93. The number of hydrogen-bond acceptors (Lipinski definition) is 1. The highest BCUT2D eigenvalue weighted by Gasteiger charge is 2.16. The van der Waals surface area contributed by atoms with Gasteiger partial charge in [0, 0.05) is 12.8 Å². The van der Waals surface area contributed by atoms with Crippen LogP contribution in [0.5, 0.6) is 0 Å². The summed E-state index contributed by atoms with van der Waals surface area (Å²) in [6.45, 7) is 0. The maximum absolute atomic E-state index is 12.1. The molecular weight excluding hydrogens is 232 g/mol. The molecule has 1 aromatic rings. The molecule has 0 radical (unpaired) electrons. The summed E-state index contributed by atoms with van der Waals surface area (Å²) in [6, 6.07) is 10.6. The minimum absolute atomic E-state index is 0.452. The van der Waals surface area contributed by atoms with Crippen molar-refractivity contribution >= 4 is 5.78 Å². The average molecular weight is 258 g/mol. The number of hydrogen-bond donors (Lipinski definition) is 0. The Kier molecular flexibility index (Phi) is 6.13. The van der Waals surface area contributed by atoms with Crippen LogP contribution in [0.4, 0.5) is 0 Å². The fraction of sp³-hybridized carbons (Fsp3) is 0.611. The van der Waals surface area contributed by atoms with Gasteiger partial charge in [0.2, 0.25) is 0 Å². The van der Waals surface area contributed by atoms with Gasteiger partial charge >= 0.3 is 0 Å². The number of carbonyl (C=O) groups is 1. The second kappa shape index (κ2) is 8.14. The summed E-state index contributed by atoms with van der Waals surface area (Å²) < 4.78 is 0. The normalized spacial score (nSPS) is 23.4. The van der Waals surface area contributed by atoms with Gasteiger partial charge in [0.05, 0.1) is 0 Å². The van der Waals surface area contributed by atoms with Crippen LogP contribution in [-0.4, -0.2) is 5.78 Å². The van der Waals surface area contributed by atoms with E-state index in [9.17, 15) is 4.79 Å². The van der Waals surface area contributed by atoms with E-state index in [0.717, 1.165) is 19.3 Å². The van der Waals surface area contributed by atoms with Gasteiger partial charge in [-0.1, -0.05) is 68.9 Å². The summed E-state index contributed by atoms with van der Waals surface area (Å²) in [5.74, 6) is 0.919. The van der Waals surface area contributed by atoms with E-state index in [0.29, 0.717) is 11.7 Å². The molecule has 1 heteroatoms. The Balaban J connectivity index is 1.98. The maximum atomic E-state index is 12.1. The summed E-state index contributed by atoms with van der Waals surface area (Å²) in [6.07, 6.45) is 11.7. The molecule has 0 N–H and O–H groups in total. The Morgan fingerprint density at radius 2 is 1.42 bits per heavy atom. The first-order valence-corrected chi connectivity index (χ1v) is 7.93. The number of Topliss-reactive ketones (excluding diaryl/α,β-unsaturated/α-hetero) is 1. The van der Waals surface area contributed by atoms with Crippen LogP contribution in [0.15, 0.2) is 30.3 Å². The summed E-state index contributed by atoms with van der Waals surface area (Å²) in [4.78, 5) is 12.1. The SMILES string of the molecule is O=C1CCCCCCCCCC(c2ccccc2)C1. The van der Waals surface area contributed by atoms with Gasteiger partial charge in [0.1, 0.15) is 5.78 Å². The van der Waals surface area contributed by atoms with Gasteiger partial charge < -0.3 is 0 Å². The lowest BCUT2D eigenvalue weighted by atomic mass is 9.87. The molecule has 1 aliphatic carbocycles. The second-order valence-electron chi connectivity index (χ2n) is 5.86. The quantitative estimate of drug-likeness (QED) is 0.672. The molecule has 1 saturated carbocycles. The lowest BCUT2D eigenvalue weighted by molar-refractivity contribution is -0.119. The van der Waals surface area contributed by atoms with Crippen molar-refractivity contribution in [2.75, 3.05) is 0 Å². The first kappa shape index (κ1) is 14.3. The van der Waals surface area contributed by atoms with Gasteiger partial charge in [0.25, 0.3) is 0 Å². The van der Waals surface area contributed by atoms with Crippen molar-refractivity contribution in [3.05, 3.63) is 35.9 Å². The Hall–Kier alpha value is -1.11. The molecule has 0 bridgehead atoms. The van der Waals surface area contributed by atoms with Gasteiger partial charge in [-0.2, -0.15) is 0 Å². The average Bonchev–Trinajstić information content (AvgIpc) is 2.43. The van der Waals surface area contributed by atoms with Crippen molar-refractivity contribution in [3.63, 3.8) is 0 Å². The molecule has 1 fully saturated rings. The molecule has 1 atom stereocenters. The molecule has 0 amide bonds. The molecule has 0 aromatic heterocycles. The molecule has 19 heavy (non-hydrogen) atoms. The van der Waals surface area contributed by atoms with E-state index in [2.05, 4.69) is 30.3 Å². The fourth-order valence-electron chi connectivity index (χ4n) is 3.09. The minimum atomic E-state index is 0.452. The number of rotatable bonds is 1. The molecular formula is C18H26O. The third-order valence-corrected chi connectivity index (χ3v) is 4.25. The Morgan fingerprint density at radius 3 is 2.16 bits per heavy atom. The van der Waals surface area contributed by atoms with E-state index in [1.54, 1.807) is 0 Å². The smallest absolute Gasteiger partial charge is 0.133 e. The fourth-order valence-corrected chi connectivity index (χ4v) is 3.09. The zero-order valence-electron chi connectivity index (χ0n) is 11.9. The highest BCUT2D eigenvalue weighted by molar-refractivity contribution is 5.79. The summed E-state index contributed by atoms with van der Waals surface area (Å²) >= 11 is 0. The number of ketones is 1. The zero-order valence-corrected chi connectivity index (χ0v) is 11.9. The van der Waals surface area contributed by atoms with Crippen molar-refractivity contribution in [1.29, 1.82) is 0 Å². The van der Waals surface area contributed by atoms with Crippen molar-refractivity contribution in [1.82, 2.24) is 0 Å². The van der Waals surface area contributed by atoms with Crippen LogP contribution >= 0.6 is 0 Å². The molecule has 0 heterocycles. The molecule has 2 rings (SSSR count). The molecule has 104 valence electrons. The summed E-state index contributed by atoms with van der Waals surface area (Å²) in [5.41, 5.74) is 1.35. The predicted molar refractivity (Wildman–Crippen MR) is 80.4 cm³/mol. The van der Waals surface area contributed by atoms with E-state index in [4.69, 9.17) is 0 Å². The highest BCUT2D eigenvalue weighted by atomic mass is 16.1. The zero-order chi connectivity index (χ0) is 13.3. The molecule has 0 aliphatic heterocycles. The van der Waals surface area contributed by atoms with Gasteiger partial charge in [0.15, 0.2) is 0 Å². The van der Waals surface area contributed by atoms with Gasteiger partial charge in [-0.3, -0.25) is 4.79 Å². The van der Waals surface area contributed by atoms with Gasteiger partial charge in [-0.25, -0.2) is 0 Å². The van der Waals surface area contributed by atoms with Crippen LogP contribution in [0, 0.1) is 0 Å². The Labute approximate surface area is 117 Å². The van der Waals surface area contributed by atoms with Crippen LogP contribution in [0.3, 0.4) is 0 Å². The minimum Gasteiger partial charge on any atom is -0.300 e. The van der Waals surface area contributed by atoms with Crippen molar-refractivity contribution in [2.24, 2.45) is 0 Å². The largest absolute Gasteiger partial charge is 0.300 e. The van der Waals surface area contributed by atoms with Crippen LogP contribution in [-0.2, 0) is 4.79 Å². The summed E-state index contributed by atoms with van der Waals surface area (Å²) in [5, 5.41) is 0. The lowest BCUT2D eigenvalue weighted by Gasteiger charge is -2.17. The van der Waals surface area contributed by atoms with Crippen molar-refractivity contribution in [2.45, 2.75) is 70.1 Å². The van der Waals surface area contributed by atoms with Crippen LogP contribution < -0.4 is 0 Å². The third-order valence-electron chi connectivity index (χ3n) is 4.25. The highest BCUT2D eigenvalue weighted by Crippen LogP contribution is 2.28. The van der Waals surface area contributed by atoms with Crippen molar-refractivity contribution < 1.29 is 4.79 Å². The monoisotopic (exact) mass is 258 g/mol. The Bertz CT molecular complexity index is 369. The van der Waals surface area contributed by atoms with Gasteiger partial charge in [-0.15, -0.1) is 0 Å². The molecule has 0 saturated heterocycles. The molecule has 1 aromatic carbocycles. The first-order chi connectivity index (χ1) is 9.36. The van der Waals surface area contributed by atoms with Crippen LogP contribution in [0.25, 0.3) is 0 Å². The van der Waals surface area contributed by atoms with E-state index in [-0.39, 0.29) is 0 Å². The van der Waals surface area contributed by atoms with Crippen molar-refractivity contribution in [3.8, 4) is 0 Å². The topological polar surface area (TPSA) is 17.1 Å². The molecule has 1 nitrogen and oxygen atoms in total. The van der Waals surface area contributed by atoms with E-state index in [1.807, 2.05) is 0 Å². The maximum Gasteiger partial charge on any atom is 0.133 e. The summed E-state index contributed by atoms with van der Waals surface area (Å²) in [7, 11) is 0. The third kappa shape index (κ3) is 5.18. The van der Waals surface area contributed by atoms with Gasteiger partial charge in [-0.05, 0) is 24.3 Å². The second-order valence-corrected chi connectivity index (χ2v) is 5.86. The van der Waals surface area contributed by atoms with Crippen LogP contribution in [0.1, 0.15) is 75.7 Å². The Morgan fingerprint density at radius 1 is 0.789 bits per heavy atom. The standard InChI is InChI=1S/C18H26O/c19-18-14-10-5-3-1-2-4-7-13-17(15-18)16-11-8-6-9-12-16/h6,8-9,11-12,17H,1-5,7,10,13-15H2. The van der Waals surface area contributed by atoms with E-state index in [1.165, 1.54) is 50.5 Å². The van der Waals surface area contributed by atoms with E-state index >= 15 is 0 Å². The molecule has 1 unspecified atom stereocenters. The number of carbonyl (C=O) groups excluding carboxylic acids is 1. The number of benzene rings is 1. The molecule has 0 spiro atoms.